The van der Waals surface area contributed by atoms with Gasteiger partial charge in [0.25, 0.3) is 5.91 Å². The molecule has 3 atom stereocenters. The summed E-state index contributed by atoms with van der Waals surface area (Å²) in [4.78, 5) is 66.0. The third kappa shape index (κ3) is 7.41. The lowest BCUT2D eigenvalue weighted by Crippen LogP contribution is -2.59. The molecule has 214 valence electrons. The van der Waals surface area contributed by atoms with Gasteiger partial charge < -0.3 is 25.6 Å². The molecule has 3 aliphatic rings. The number of hydrogen-bond acceptors (Lipinski definition) is 6. The first-order valence-electron chi connectivity index (χ1n) is 13.2. The second kappa shape index (κ2) is 11.1. The summed E-state index contributed by atoms with van der Waals surface area (Å²) in [5.41, 5.74) is -0.974. The number of alkyl halides is 2. The molecule has 0 aromatic heterocycles. The number of ketones is 1. The summed E-state index contributed by atoms with van der Waals surface area (Å²) in [6.45, 7) is 6.32. The fourth-order valence-electron chi connectivity index (χ4n) is 5.13. The minimum Gasteiger partial charge on any atom is -0.453 e. The van der Waals surface area contributed by atoms with Gasteiger partial charge in [-0.15, -0.1) is 0 Å². The van der Waals surface area contributed by atoms with Gasteiger partial charge in [0.2, 0.25) is 23.5 Å². The Morgan fingerprint density at radius 1 is 1.05 bits per heavy atom. The van der Waals surface area contributed by atoms with Crippen molar-refractivity contribution in [3.8, 4) is 0 Å². The highest BCUT2D eigenvalue weighted by Crippen LogP contribution is 2.50. The first-order chi connectivity index (χ1) is 17.5. The van der Waals surface area contributed by atoms with Crippen molar-refractivity contribution < 1.29 is 37.5 Å². The van der Waals surface area contributed by atoms with E-state index in [1.807, 2.05) is 0 Å². The molecule has 1 heterocycles. The maximum absolute atomic E-state index is 13.7. The maximum atomic E-state index is 13.7. The highest BCUT2D eigenvalue weighted by atomic mass is 19.3. The van der Waals surface area contributed by atoms with Gasteiger partial charge in [0.1, 0.15) is 12.1 Å². The van der Waals surface area contributed by atoms with Gasteiger partial charge in [0.05, 0.1) is 13.2 Å². The van der Waals surface area contributed by atoms with Crippen LogP contribution in [-0.2, 0) is 23.9 Å². The lowest BCUT2D eigenvalue weighted by atomic mass is 9.67. The summed E-state index contributed by atoms with van der Waals surface area (Å²) in [5, 5.41) is 7.63. The monoisotopic (exact) mass is 542 g/mol. The third-order valence-electron chi connectivity index (χ3n) is 7.71. The summed E-state index contributed by atoms with van der Waals surface area (Å²) >= 11 is 0. The first kappa shape index (κ1) is 29.8. The SMILES string of the molecule is COC(=O)N[C@H](C(=O)N1CC2(CCC2)CC1C(=O)N[C@@H](CCC(C)(F)F)C(=O)C(=O)NC1CC1)C(C)(C)C. The summed E-state index contributed by atoms with van der Waals surface area (Å²) in [7, 11) is 1.19. The Morgan fingerprint density at radius 3 is 2.16 bits per heavy atom. The molecule has 2 saturated carbocycles. The molecule has 3 rings (SSSR count). The molecule has 1 unspecified atom stereocenters. The number of carbonyl (C=O) groups is 5. The van der Waals surface area contributed by atoms with E-state index in [2.05, 4.69) is 20.7 Å². The minimum absolute atomic E-state index is 0.117. The zero-order chi connectivity index (χ0) is 28.5. The van der Waals surface area contributed by atoms with Crippen LogP contribution in [0.4, 0.5) is 13.6 Å². The Kier molecular flexibility index (Phi) is 8.72. The summed E-state index contributed by atoms with van der Waals surface area (Å²) < 4.78 is 32.0. The summed E-state index contributed by atoms with van der Waals surface area (Å²) in [6.07, 6.45) is 2.49. The summed E-state index contributed by atoms with van der Waals surface area (Å²) in [6, 6.07) is -3.54. The van der Waals surface area contributed by atoms with Crippen LogP contribution in [0.1, 0.15) is 79.1 Å². The van der Waals surface area contributed by atoms with Crippen molar-refractivity contribution in [2.45, 2.75) is 109 Å². The molecular formula is C26H40F2N4O6. The normalized spacial score (nSPS) is 22.2. The molecule has 0 radical (unpaired) electrons. The molecule has 2 aliphatic carbocycles. The minimum atomic E-state index is -3.10. The number of nitrogens with one attached hydrogen (secondary N) is 3. The molecular weight excluding hydrogens is 502 g/mol. The van der Waals surface area contributed by atoms with E-state index in [-0.39, 0.29) is 11.5 Å². The van der Waals surface area contributed by atoms with Gasteiger partial charge in [-0.25, -0.2) is 13.6 Å². The number of hydrogen-bond donors (Lipinski definition) is 3. The quantitative estimate of drug-likeness (QED) is 0.363. The van der Waals surface area contributed by atoms with Gasteiger partial charge in [-0.1, -0.05) is 27.2 Å². The Balaban J connectivity index is 1.82. The number of ether oxygens (including phenoxy) is 1. The van der Waals surface area contributed by atoms with E-state index in [9.17, 15) is 32.8 Å². The van der Waals surface area contributed by atoms with E-state index in [0.717, 1.165) is 32.1 Å². The molecule has 1 spiro atoms. The molecule has 12 heteroatoms. The van der Waals surface area contributed by atoms with Gasteiger partial charge in [0, 0.05) is 19.0 Å². The number of likely N-dealkylation sites (tertiary alicyclic amines) is 1. The number of carbonyl (C=O) groups excluding carboxylic acids is 5. The van der Waals surface area contributed by atoms with Gasteiger partial charge in [-0.05, 0) is 56.3 Å². The van der Waals surface area contributed by atoms with Crippen molar-refractivity contribution in [2.24, 2.45) is 10.8 Å². The Morgan fingerprint density at radius 2 is 1.68 bits per heavy atom. The Bertz CT molecular complexity index is 952. The molecule has 4 amide bonds. The standard InChI is InChI=1S/C26H40F2N4O6/c1-24(2,3)19(31-23(37)38-5)22(36)32-14-26(10-6-11-26)13-17(32)20(34)30-16(9-12-25(4,27)28)18(33)21(35)29-15-7-8-15/h15-17,19H,6-14H2,1-5H3,(H,29,35)(H,30,34)(H,31,37)/t16-,17?,19+/m0/s1. The predicted octanol–water partition coefficient (Wildman–Crippen LogP) is 2.30. The Labute approximate surface area is 222 Å². The molecule has 38 heavy (non-hydrogen) atoms. The van der Waals surface area contributed by atoms with Crippen LogP contribution in [0.15, 0.2) is 0 Å². The van der Waals surface area contributed by atoms with Crippen molar-refractivity contribution in [2.75, 3.05) is 13.7 Å². The van der Waals surface area contributed by atoms with E-state index >= 15 is 0 Å². The Hall–Kier alpha value is -2.79. The van der Waals surface area contributed by atoms with Crippen LogP contribution in [0, 0.1) is 10.8 Å². The van der Waals surface area contributed by atoms with Crippen LogP contribution in [0.2, 0.25) is 0 Å². The van der Waals surface area contributed by atoms with Crippen molar-refractivity contribution in [3.63, 3.8) is 0 Å². The smallest absolute Gasteiger partial charge is 0.407 e. The van der Waals surface area contributed by atoms with Crippen LogP contribution >= 0.6 is 0 Å². The fraction of sp³-hybridized carbons (Fsp3) is 0.808. The second-order valence-corrected chi connectivity index (χ2v) is 12.3. The third-order valence-corrected chi connectivity index (χ3v) is 7.71. The van der Waals surface area contributed by atoms with Crippen LogP contribution < -0.4 is 16.0 Å². The molecule has 1 aliphatic heterocycles. The molecule has 0 aromatic rings. The average molecular weight is 543 g/mol. The molecule has 10 nitrogen and oxygen atoms in total. The van der Waals surface area contributed by atoms with E-state index in [1.54, 1.807) is 20.8 Å². The lowest BCUT2D eigenvalue weighted by molar-refractivity contribution is -0.144. The highest BCUT2D eigenvalue weighted by molar-refractivity contribution is 6.38. The molecule has 3 N–H and O–H groups in total. The summed E-state index contributed by atoms with van der Waals surface area (Å²) in [5.74, 6) is -6.14. The average Bonchev–Trinajstić information content (AvgIpc) is 3.50. The first-order valence-corrected chi connectivity index (χ1v) is 13.2. The van der Waals surface area contributed by atoms with Gasteiger partial charge in [-0.3, -0.25) is 19.2 Å². The zero-order valence-corrected chi connectivity index (χ0v) is 22.8. The maximum Gasteiger partial charge on any atom is 0.407 e. The van der Waals surface area contributed by atoms with Crippen molar-refractivity contribution >= 4 is 29.6 Å². The second-order valence-electron chi connectivity index (χ2n) is 12.3. The van der Waals surface area contributed by atoms with E-state index in [4.69, 9.17) is 0 Å². The number of halogens is 2. The largest absolute Gasteiger partial charge is 0.453 e. The fourth-order valence-corrected chi connectivity index (χ4v) is 5.13. The van der Waals surface area contributed by atoms with E-state index in [1.165, 1.54) is 12.0 Å². The molecule has 3 fully saturated rings. The van der Waals surface area contributed by atoms with E-state index in [0.29, 0.717) is 19.9 Å². The van der Waals surface area contributed by atoms with Crippen LogP contribution in [-0.4, -0.2) is 78.2 Å². The van der Waals surface area contributed by atoms with Crippen molar-refractivity contribution in [1.29, 1.82) is 0 Å². The topological polar surface area (TPSA) is 134 Å². The number of nitrogens with zero attached hydrogens (tertiary/aromatic N) is 1. The van der Waals surface area contributed by atoms with Crippen molar-refractivity contribution in [3.05, 3.63) is 0 Å². The van der Waals surface area contributed by atoms with Crippen LogP contribution in [0.25, 0.3) is 0 Å². The van der Waals surface area contributed by atoms with Crippen molar-refractivity contribution in [1.82, 2.24) is 20.9 Å². The molecule has 0 aromatic carbocycles. The lowest BCUT2D eigenvalue weighted by Gasteiger charge is -2.39. The van der Waals surface area contributed by atoms with Crippen LogP contribution in [0.3, 0.4) is 0 Å². The van der Waals surface area contributed by atoms with Crippen LogP contribution in [0.5, 0.6) is 0 Å². The number of amides is 4. The van der Waals surface area contributed by atoms with Gasteiger partial charge in [-0.2, -0.15) is 0 Å². The molecule has 0 bridgehead atoms. The number of alkyl carbamates (subject to hydrolysis) is 1. The zero-order valence-electron chi connectivity index (χ0n) is 22.8. The highest BCUT2D eigenvalue weighted by Gasteiger charge is 2.53. The molecule has 1 saturated heterocycles. The number of rotatable bonds is 10. The number of Topliss-reactive ketones (excluding diaryl/α,β-unsaturated/α-hetero) is 1. The van der Waals surface area contributed by atoms with E-state index < -0.39 is 71.9 Å². The predicted molar refractivity (Wildman–Crippen MR) is 133 cm³/mol. The number of methoxy groups -OCH3 is 1. The van der Waals surface area contributed by atoms with Gasteiger partial charge >= 0.3 is 6.09 Å². The van der Waals surface area contributed by atoms with Gasteiger partial charge in [0.15, 0.2) is 0 Å².